The Kier molecular flexibility index (Phi) is 6.34. The SMILES string of the molecule is COc1cccc(C(=O)N2CCC(C(=O)Nc3ccccc3C(C)C)CC2)c1. The molecule has 0 aromatic heterocycles. The third-order valence-electron chi connectivity index (χ3n) is 5.31. The fourth-order valence-corrected chi connectivity index (χ4v) is 3.63. The number of amides is 2. The molecule has 1 aliphatic heterocycles. The van der Waals surface area contributed by atoms with E-state index >= 15 is 0 Å². The number of nitrogens with one attached hydrogen (secondary N) is 1. The van der Waals surface area contributed by atoms with Gasteiger partial charge in [0, 0.05) is 30.3 Å². The molecule has 28 heavy (non-hydrogen) atoms. The minimum Gasteiger partial charge on any atom is -0.497 e. The minimum atomic E-state index is -0.0745. The van der Waals surface area contributed by atoms with Crippen LogP contribution in [0.1, 0.15) is 48.5 Å². The lowest BCUT2D eigenvalue weighted by Gasteiger charge is -2.31. The van der Waals surface area contributed by atoms with Gasteiger partial charge in [0.05, 0.1) is 7.11 Å². The molecule has 1 saturated heterocycles. The van der Waals surface area contributed by atoms with Crippen molar-refractivity contribution in [2.24, 2.45) is 5.92 Å². The highest BCUT2D eigenvalue weighted by Crippen LogP contribution is 2.26. The molecule has 0 bridgehead atoms. The third-order valence-corrected chi connectivity index (χ3v) is 5.31. The van der Waals surface area contributed by atoms with E-state index in [1.807, 2.05) is 35.2 Å². The van der Waals surface area contributed by atoms with Crippen LogP contribution < -0.4 is 10.1 Å². The van der Waals surface area contributed by atoms with Crippen molar-refractivity contribution >= 4 is 17.5 Å². The smallest absolute Gasteiger partial charge is 0.253 e. The van der Waals surface area contributed by atoms with E-state index in [1.165, 1.54) is 0 Å². The summed E-state index contributed by atoms with van der Waals surface area (Å²) in [5.74, 6) is 0.974. The zero-order chi connectivity index (χ0) is 20.1. The number of para-hydroxylation sites is 1. The van der Waals surface area contributed by atoms with Crippen LogP contribution in [0.5, 0.6) is 5.75 Å². The second-order valence-electron chi connectivity index (χ2n) is 7.53. The molecular weight excluding hydrogens is 352 g/mol. The van der Waals surface area contributed by atoms with Crippen LogP contribution in [0.15, 0.2) is 48.5 Å². The van der Waals surface area contributed by atoms with Crippen molar-refractivity contribution in [1.82, 2.24) is 4.90 Å². The molecule has 1 fully saturated rings. The largest absolute Gasteiger partial charge is 0.497 e. The average molecular weight is 380 g/mol. The first-order valence-electron chi connectivity index (χ1n) is 9.82. The third kappa shape index (κ3) is 4.53. The summed E-state index contributed by atoms with van der Waals surface area (Å²) in [7, 11) is 1.59. The first-order valence-corrected chi connectivity index (χ1v) is 9.82. The van der Waals surface area contributed by atoms with Gasteiger partial charge >= 0.3 is 0 Å². The number of benzene rings is 2. The molecule has 0 radical (unpaired) electrons. The lowest BCUT2D eigenvalue weighted by atomic mass is 9.94. The average Bonchev–Trinajstić information content (AvgIpc) is 2.73. The number of methoxy groups -OCH3 is 1. The highest BCUT2D eigenvalue weighted by atomic mass is 16.5. The molecule has 2 amide bonds. The fourth-order valence-electron chi connectivity index (χ4n) is 3.63. The van der Waals surface area contributed by atoms with Gasteiger partial charge in [0.2, 0.25) is 5.91 Å². The van der Waals surface area contributed by atoms with Gasteiger partial charge in [0.25, 0.3) is 5.91 Å². The minimum absolute atomic E-state index is 0.0112. The summed E-state index contributed by atoms with van der Waals surface area (Å²) < 4.78 is 5.20. The van der Waals surface area contributed by atoms with Gasteiger partial charge in [-0.2, -0.15) is 0 Å². The maximum Gasteiger partial charge on any atom is 0.253 e. The van der Waals surface area contributed by atoms with Crippen molar-refractivity contribution in [3.05, 3.63) is 59.7 Å². The summed E-state index contributed by atoms with van der Waals surface area (Å²) in [6.45, 7) is 5.40. The molecule has 2 aromatic carbocycles. The van der Waals surface area contributed by atoms with Gasteiger partial charge in [-0.1, -0.05) is 38.1 Å². The quantitative estimate of drug-likeness (QED) is 0.841. The second-order valence-corrected chi connectivity index (χ2v) is 7.53. The number of hydrogen-bond acceptors (Lipinski definition) is 3. The highest BCUT2D eigenvalue weighted by Gasteiger charge is 2.28. The number of carbonyl (C=O) groups excluding carboxylic acids is 2. The number of rotatable bonds is 5. The molecule has 1 N–H and O–H groups in total. The first kappa shape index (κ1) is 19.9. The monoisotopic (exact) mass is 380 g/mol. The normalized spacial score (nSPS) is 14.8. The van der Waals surface area contributed by atoms with E-state index in [1.54, 1.807) is 19.2 Å². The van der Waals surface area contributed by atoms with Crippen molar-refractivity contribution in [3.63, 3.8) is 0 Å². The Balaban J connectivity index is 1.59. The lowest BCUT2D eigenvalue weighted by Crippen LogP contribution is -2.41. The zero-order valence-electron chi connectivity index (χ0n) is 16.8. The van der Waals surface area contributed by atoms with Crippen molar-refractivity contribution in [2.45, 2.75) is 32.6 Å². The highest BCUT2D eigenvalue weighted by molar-refractivity contribution is 5.96. The van der Waals surface area contributed by atoms with E-state index in [0.29, 0.717) is 43.2 Å². The molecule has 0 unspecified atom stereocenters. The summed E-state index contributed by atoms with van der Waals surface area (Å²) >= 11 is 0. The van der Waals surface area contributed by atoms with Gasteiger partial charge in [0.15, 0.2) is 0 Å². The Morgan fingerprint density at radius 1 is 1.07 bits per heavy atom. The number of likely N-dealkylation sites (tertiary alicyclic amines) is 1. The van der Waals surface area contributed by atoms with Gasteiger partial charge in [-0.05, 0) is 48.6 Å². The van der Waals surface area contributed by atoms with Crippen LogP contribution in [0.3, 0.4) is 0 Å². The number of nitrogens with zero attached hydrogens (tertiary/aromatic N) is 1. The number of ether oxygens (including phenoxy) is 1. The predicted octanol–water partition coefficient (Wildman–Crippen LogP) is 4.31. The van der Waals surface area contributed by atoms with Gasteiger partial charge in [0.1, 0.15) is 5.75 Å². The molecule has 1 aliphatic rings. The molecule has 0 aliphatic carbocycles. The fraction of sp³-hybridized carbons (Fsp3) is 0.391. The predicted molar refractivity (Wildman–Crippen MR) is 111 cm³/mol. The van der Waals surface area contributed by atoms with Crippen molar-refractivity contribution in [2.75, 3.05) is 25.5 Å². The van der Waals surface area contributed by atoms with Crippen molar-refractivity contribution in [3.8, 4) is 5.75 Å². The van der Waals surface area contributed by atoms with Gasteiger partial charge in [-0.3, -0.25) is 9.59 Å². The number of hydrogen-bond donors (Lipinski definition) is 1. The summed E-state index contributed by atoms with van der Waals surface area (Å²) in [4.78, 5) is 27.3. The Labute approximate surface area is 166 Å². The van der Waals surface area contributed by atoms with Crippen molar-refractivity contribution in [1.29, 1.82) is 0 Å². The molecule has 0 saturated carbocycles. The van der Waals surface area contributed by atoms with Crippen LogP contribution >= 0.6 is 0 Å². The van der Waals surface area contributed by atoms with Crippen LogP contribution in [-0.4, -0.2) is 36.9 Å². The Morgan fingerprint density at radius 2 is 1.79 bits per heavy atom. The van der Waals surface area contributed by atoms with E-state index in [2.05, 4.69) is 25.2 Å². The topological polar surface area (TPSA) is 58.6 Å². The molecule has 5 heteroatoms. The van der Waals surface area contributed by atoms with Crippen LogP contribution in [0, 0.1) is 5.92 Å². The van der Waals surface area contributed by atoms with Crippen LogP contribution in [-0.2, 0) is 4.79 Å². The first-order chi connectivity index (χ1) is 13.5. The van der Waals surface area contributed by atoms with Gasteiger partial charge in [-0.25, -0.2) is 0 Å². The number of carbonyl (C=O) groups is 2. The van der Waals surface area contributed by atoms with Crippen LogP contribution in [0.2, 0.25) is 0 Å². The Bertz CT molecular complexity index is 839. The molecule has 1 heterocycles. The molecule has 148 valence electrons. The second kappa shape index (κ2) is 8.91. The number of piperidine rings is 1. The summed E-state index contributed by atoms with van der Waals surface area (Å²) in [5.41, 5.74) is 2.65. The summed E-state index contributed by atoms with van der Waals surface area (Å²) in [6.07, 6.45) is 1.34. The maximum atomic E-state index is 12.7. The molecular formula is C23H28N2O3. The van der Waals surface area contributed by atoms with Crippen LogP contribution in [0.4, 0.5) is 5.69 Å². The molecule has 2 aromatic rings. The maximum absolute atomic E-state index is 12.7. The van der Waals surface area contributed by atoms with Gasteiger partial charge in [-0.15, -0.1) is 0 Å². The summed E-state index contributed by atoms with van der Waals surface area (Å²) in [5, 5.41) is 3.09. The zero-order valence-corrected chi connectivity index (χ0v) is 16.8. The van der Waals surface area contributed by atoms with E-state index in [-0.39, 0.29) is 17.7 Å². The van der Waals surface area contributed by atoms with E-state index < -0.39 is 0 Å². The molecule has 0 spiro atoms. The van der Waals surface area contributed by atoms with Gasteiger partial charge < -0.3 is 15.0 Å². The standard InChI is InChI=1S/C23H28N2O3/c1-16(2)20-9-4-5-10-21(20)24-22(26)17-11-13-25(14-12-17)23(27)18-7-6-8-19(15-18)28-3/h4-10,15-17H,11-14H2,1-3H3,(H,24,26). The number of anilines is 1. The van der Waals surface area contributed by atoms with Crippen molar-refractivity contribution < 1.29 is 14.3 Å². The van der Waals surface area contributed by atoms with E-state index in [4.69, 9.17) is 4.74 Å². The van der Waals surface area contributed by atoms with E-state index in [9.17, 15) is 9.59 Å². The van der Waals surface area contributed by atoms with E-state index in [0.717, 1.165) is 11.3 Å². The molecule has 5 nitrogen and oxygen atoms in total. The molecule has 3 rings (SSSR count). The molecule has 0 atom stereocenters. The Morgan fingerprint density at radius 3 is 2.46 bits per heavy atom. The Hall–Kier alpha value is -2.82. The summed E-state index contributed by atoms with van der Waals surface area (Å²) in [6, 6.07) is 15.1. The van der Waals surface area contributed by atoms with Crippen LogP contribution in [0.25, 0.3) is 0 Å². The lowest BCUT2D eigenvalue weighted by molar-refractivity contribution is -0.121.